The highest BCUT2D eigenvalue weighted by Crippen LogP contribution is 2.26. The van der Waals surface area contributed by atoms with Gasteiger partial charge in [0.2, 0.25) is 0 Å². The molecule has 0 saturated carbocycles. The average Bonchev–Trinajstić information content (AvgIpc) is 2.32. The van der Waals surface area contributed by atoms with E-state index in [1.165, 1.54) is 11.1 Å². The maximum atomic E-state index is 5.44. The predicted molar refractivity (Wildman–Crippen MR) is 51.2 cm³/mol. The van der Waals surface area contributed by atoms with E-state index in [9.17, 15) is 0 Å². The second kappa shape index (κ2) is 3.79. The van der Waals surface area contributed by atoms with Crippen LogP contribution in [0.2, 0.25) is 0 Å². The Hall–Kier alpha value is -0.720. The number of hydrogen-bond donors (Lipinski definition) is 0. The van der Waals surface area contributed by atoms with Gasteiger partial charge in [-0.25, -0.2) is 0 Å². The lowest BCUT2D eigenvalue weighted by atomic mass is 9.98. The van der Waals surface area contributed by atoms with Crippen molar-refractivity contribution < 1.29 is 4.42 Å². The Kier molecular flexibility index (Phi) is 2.96. The van der Waals surface area contributed by atoms with E-state index in [1.54, 1.807) is 0 Å². The third-order valence-corrected chi connectivity index (χ3v) is 2.02. The van der Waals surface area contributed by atoms with Crippen molar-refractivity contribution in [1.82, 2.24) is 0 Å². The largest absolute Gasteiger partial charge is 0.468 e. The van der Waals surface area contributed by atoms with E-state index >= 15 is 0 Å². The van der Waals surface area contributed by atoms with Gasteiger partial charge in [-0.2, -0.15) is 0 Å². The lowest BCUT2D eigenvalue weighted by Gasteiger charge is -2.05. The van der Waals surface area contributed by atoms with Gasteiger partial charge in [0.25, 0.3) is 0 Å². The van der Waals surface area contributed by atoms with Gasteiger partial charge >= 0.3 is 0 Å². The molecule has 0 aliphatic carbocycles. The fraction of sp³-hybridized carbons (Fsp3) is 0.545. The first-order valence-corrected chi connectivity index (χ1v) is 4.58. The zero-order valence-electron chi connectivity index (χ0n) is 8.35. The van der Waals surface area contributed by atoms with Crippen molar-refractivity contribution in [3.05, 3.63) is 29.6 Å². The van der Waals surface area contributed by atoms with Crippen LogP contribution in [-0.4, -0.2) is 0 Å². The van der Waals surface area contributed by atoms with Gasteiger partial charge in [0.1, 0.15) is 5.76 Å². The first kappa shape index (κ1) is 9.37. The molecule has 0 unspecified atom stereocenters. The Morgan fingerprint density at radius 3 is 2.67 bits per heavy atom. The van der Waals surface area contributed by atoms with Crippen LogP contribution < -0.4 is 0 Å². The van der Waals surface area contributed by atoms with Crippen LogP contribution in [0.4, 0.5) is 0 Å². The summed E-state index contributed by atoms with van der Waals surface area (Å²) >= 11 is 0. The first-order valence-electron chi connectivity index (χ1n) is 4.58. The SMILES string of the molecule is CC[CH]c1occ(C)c1C(C)C. The fourth-order valence-corrected chi connectivity index (χ4v) is 1.56. The van der Waals surface area contributed by atoms with Crippen molar-refractivity contribution in [3.63, 3.8) is 0 Å². The van der Waals surface area contributed by atoms with E-state index < -0.39 is 0 Å². The molecule has 1 nitrogen and oxygen atoms in total. The van der Waals surface area contributed by atoms with Crippen molar-refractivity contribution in [3.8, 4) is 0 Å². The Morgan fingerprint density at radius 1 is 1.50 bits per heavy atom. The first-order chi connectivity index (χ1) is 5.66. The number of aryl methyl sites for hydroxylation is 1. The molecule has 1 aromatic heterocycles. The minimum Gasteiger partial charge on any atom is -0.468 e. The molecule has 0 N–H and O–H groups in total. The minimum absolute atomic E-state index is 0.557. The molecule has 12 heavy (non-hydrogen) atoms. The molecular weight excluding hydrogens is 148 g/mol. The van der Waals surface area contributed by atoms with Crippen molar-refractivity contribution in [2.24, 2.45) is 0 Å². The molecule has 0 aliphatic rings. The zero-order valence-corrected chi connectivity index (χ0v) is 8.35. The molecule has 1 aromatic rings. The Balaban J connectivity index is 2.95. The minimum atomic E-state index is 0.557. The molecular formula is C11H17O. The molecule has 0 atom stereocenters. The van der Waals surface area contributed by atoms with Gasteiger partial charge in [-0.1, -0.05) is 20.8 Å². The molecule has 0 fully saturated rings. The van der Waals surface area contributed by atoms with Crippen molar-refractivity contribution in [1.29, 1.82) is 0 Å². The van der Waals surface area contributed by atoms with Crippen LogP contribution in [0.5, 0.6) is 0 Å². The van der Waals surface area contributed by atoms with Gasteiger partial charge in [0, 0.05) is 6.42 Å². The van der Waals surface area contributed by atoms with Gasteiger partial charge in [0.05, 0.1) is 6.26 Å². The maximum absolute atomic E-state index is 5.44. The highest BCUT2D eigenvalue weighted by Gasteiger charge is 2.12. The summed E-state index contributed by atoms with van der Waals surface area (Å²) in [7, 11) is 0. The highest BCUT2D eigenvalue weighted by molar-refractivity contribution is 5.33. The van der Waals surface area contributed by atoms with E-state index in [4.69, 9.17) is 4.42 Å². The Morgan fingerprint density at radius 2 is 2.17 bits per heavy atom. The molecule has 0 bridgehead atoms. The van der Waals surface area contributed by atoms with E-state index in [-0.39, 0.29) is 0 Å². The van der Waals surface area contributed by atoms with Crippen LogP contribution in [0.1, 0.15) is 50.0 Å². The van der Waals surface area contributed by atoms with Crippen LogP contribution in [0.25, 0.3) is 0 Å². The van der Waals surface area contributed by atoms with Crippen molar-refractivity contribution >= 4 is 0 Å². The molecule has 1 radical (unpaired) electrons. The molecule has 0 saturated heterocycles. The second-order valence-corrected chi connectivity index (χ2v) is 3.46. The molecule has 1 heteroatoms. The van der Waals surface area contributed by atoms with Crippen LogP contribution in [0.3, 0.4) is 0 Å². The number of hydrogen-bond acceptors (Lipinski definition) is 1. The van der Waals surface area contributed by atoms with Crippen LogP contribution >= 0.6 is 0 Å². The summed E-state index contributed by atoms with van der Waals surface area (Å²) in [6.07, 6.45) is 5.02. The summed E-state index contributed by atoms with van der Waals surface area (Å²) in [6, 6.07) is 0. The lowest BCUT2D eigenvalue weighted by Crippen LogP contribution is -1.92. The van der Waals surface area contributed by atoms with Crippen molar-refractivity contribution in [2.75, 3.05) is 0 Å². The van der Waals surface area contributed by atoms with E-state index in [1.807, 2.05) is 6.26 Å². The number of furan rings is 1. The van der Waals surface area contributed by atoms with Gasteiger partial charge < -0.3 is 4.42 Å². The molecule has 0 amide bonds. The third kappa shape index (κ3) is 1.71. The normalized spacial score (nSPS) is 11.1. The topological polar surface area (TPSA) is 13.1 Å². The standard InChI is InChI=1S/C11H17O/c1-5-6-10-11(8(2)3)9(4)7-12-10/h6-8H,5H2,1-4H3. The van der Waals surface area contributed by atoms with Gasteiger partial charge in [-0.05, 0) is 30.4 Å². The Bertz CT molecular complexity index is 246. The van der Waals surface area contributed by atoms with E-state index in [2.05, 4.69) is 34.1 Å². The molecule has 0 spiro atoms. The molecule has 67 valence electrons. The van der Waals surface area contributed by atoms with E-state index in [0.717, 1.165) is 12.2 Å². The summed E-state index contributed by atoms with van der Waals surface area (Å²) in [4.78, 5) is 0. The maximum Gasteiger partial charge on any atom is 0.111 e. The summed E-state index contributed by atoms with van der Waals surface area (Å²) in [5.41, 5.74) is 2.63. The monoisotopic (exact) mass is 165 g/mol. The van der Waals surface area contributed by atoms with Crippen molar-refractivity contribution in [2.45, 2.75) is 40.0 Å². The van der Waals surface area contributed by atoms with Gasteiger partial charge in [0.15, 0.2) is 0 Å². The molecule has 1 heterocycles. The summed E-state index contributed by atoms with van der Waals surface area (Å²) in [6.45, 7) is 8.63. The predicted octanol–water partition coefficient (Wildman–Crippen LogP) is 3.67. The van der Waals surface area contributed by atoms with Gasteiger partial charge in [-0.3, -0.25) is 0 Å². The molecule has 1 rings (SSSR count). The van der Waals surface area contributed by atoms with E-state index in [0.29, 0.717) is 5.92 Å². The third-order valence-electron chi connectivity index (χ3n) is 2.02. The zero-order chi connectivity index (χ0) is 9.14. The van der Waals surface area contributed by atoms with Crippen LogP contribution in [0.15, 0.2) is 10.7 Å². The Labute approximate surface area is 74.8 Å². The smallest absolute Gasteiger partial charge is 0.111 e. The summed E-state index contributed by atoms with van der Waals surface area (Å²) < 4.78 is 5.44. The van der Waals surface area contributed by atoms with Crippen LogP contribution in [0, 0.1) is 13.3 Å². The summed E-state index contributed by atoms with van der Waals surface area (Å²) in [5, 5.41) is 0. The highest BCUT2D eigenvalue weighted by atomic mass is 16.3. The van der Waals surface area contributed by atoms with Crippen LogP contribution in [-0.2, 0) is 0 Å². The molecule has 0 aliphatic heterocycles. The quantitative estimate of drug-likeness (QED) is 0.666. The summed E-state index contributed by atoms with van der Waals surface area (Å²) in [5.74, 6) is 1.62. The van der Waals surface area contributed by atoms with Gasteiger partial charge in [-0.15, -0.1) is 0 Å². The number of rotatable bonds is 3. The average molecular weight is 165 g/mol. The fourth-order valence-electron chi connectivity index (χ4n) is 1.56. The molecule has 0 aromatic carbocycles. The second-order valence-electron chi connectivity index (χ2n) is 3.46. The lowest BCUT2D eigenvalue weighted by molar-refractivity contribution is 0.529.